The zero-order valence-corrected chi connectivity index (χ0v) is 15.0. The van der Waals surface area contributed by atoms with E-state index in [0.717, 1.165) is 31.1 Å². The molecule has 3 aliphatic heterocycles. The molecule has 1 unspecified atom stereocenters. The highest BCUT2D eigenvalue weighted by molar-refractivity contribution is 5.06. The third kappa shape index (κ3) is 4.59. The SMILES string of the molecule is c1cncc(COCC2CC[C@H]3[C@H](CCN3CC3CCOCC3)O2)c1. The first-order valence-electron chi connectivity index (χ1n) is 9.82. The minimum atomic E-state index is 0.251. The molecule has 0 aliphatic carbocycles. The van der Waals surface area contributed by atoms with Gasteiger partial charge in [-0.05, 0) is 49.7 Å². The normalized spacial score (nSPS) is 31.1. The molecule has 0 bridgehead atoms. The molecule has 1 aromatic heterocycles. The van der Waals surface area contributed by atoms with Crippen molar-refractivity contribution in [2.75, 3.05) is 32.9 Å². The Bertz CT molecular complexity index is 521. The molecule has 1 aromatic rings. The Morgan fingerprint density at radius 2 is 2.08 bits per heavy atom. The van der Waals surface area contributed by atoms with E-state index in [1.807, 2.05) is 12.3 Å². The van der Waals surface area contributed by atoms with E-state index >= 15 is 0 Å². The van der Waals surface area contributed by atoms with Crippen LogP contribution in [0, 0.1) is 5.92 Å². The Hall–Kier alpha value is -1.01. The monoisotopic (exact) mass is 346 g/mol. The molecule has 5 heteroatoms. The van der Waals surface area contributed by atoms with Gasteiger partial charge < -0.3 is 14.2 Å². The van der Waals surface area contributed by atoms with Crippen LogP contribution in [-0.4, -0.2) is 61.0 Å². The summed E-state index contributed by atoms with van der Waals surface area (Å²) in [7, 11) is 0. The molecule has 0 saturated carbocycles. The van der Waals surface area contributed by atoms with Gasteiger partial charge in [0, 0.05) is 44.7 Å². The summed E-state index contributed by atoms with van der Waals surface area (Å²) in [5, 5.41) is 0. The lowest BCUT2D eigenvalue weighted by Gasteiger charge is -2.37. The molecular weight excluding hydrogens is 316 g/mol. The molecule has 3 aliphatic rings. The number of aromatic nitrogens is 1. The van der Waals surface area contributed by atoms with Gasteiger partial charge in [0.25, 0.3) is 0 Å². The quantitative estimate of drug-likeness (QED) is 0.792. The van der Waals surface area contributed by atoms with Gasteiger partial charge >= 0.3 is 0 Å². The van der Waals surface area contributed by atoms with Crippen LogP contribution >= 0.6 is 0 Å². The van der Waals surface area contributed by atoms with Crippen molar-refractivity contribution in [2.45, 2.75) is 57.0 Å². The van der Waals surface area contributed by atoms with Crippen LogP contribution in [0.2, 0.25) is 0 Å². The Kier molecular flexibility index (Phi) is 5.98. The molecule has 0 aromatic carbocycles. The van der Waals surface area contributed by atoms with Gasteiger partial charge in [0.2, 0.25) is 0 Å². The second kappa shape index (κ2) is 8.58. The maximum absolute atomic E-state index is 6.36. The first-order valence-corrected chi connectivity index (χ1v) is 9.82. The third-order valence-corrected chi connectivity index (χ3v) is 5.88. The fourth-order valence-corrected chi connectivity index (χ4v) is 4.49. The van der Waals surface area contributed by atoms with E-state index in [1.54, 1.807) is 6.20 Å². The van der Waals surface area contributed by atoms with Gasteiger partial charge in [0.05, 0.1) is 25.4 Å². The van der Waals surface area contributed by atoms with Crippen molar-refractivity contribution in [2.24, 2.45) is 5.92 Å². The summed E-state index contributed by atoms with van der Waals surface area (Å²) in [5.74, 6) is 0.813. The Labute approximate surface area is 150 Å². The molecule has 4 heterocycles. The predicted octanol–water partition coefficient (Wildman–Crippen LogP) is 2.65. The summed E-state index contributed by atoms with van der Waals surface area (Å²) in [4.78, 5) is 6.81. The maximum atomic E-state index is 6.36. The summed E-state index contributed by atoms with van der Waals surface area (Å²) in [6.45, 7) is 5.63. The van der Waals surface area contributed by atoms with Crippen molar-refractivity contribution in [3.05, 3.63) is 30.1 Å². The molecule has 3 saturated heterocycles. The van der Waals surface area contributed by atoms with Gasteiger partial charge in [-0.2, -0.15) is 0 Å². The summed E-state index contributed by atoms with van der Waals surface area (Å²) in [5.41, 5.74) is 1.12. The van der Waals surface area contributed by atoms with E-state index in [9.17, 15) is 0 Å². The predicted molar refractivity (Wildman–Crippen MR) is 95.3 cm³/mol. The lowest BCUT2D eigenvalue weighted by atomic mass is 9.96. The lowest BCUT2D eigenvalue weighted by Crippen LogP contribution is -2.45. The van der Waals surface area contributed by atoms with Gasteiger partial charge in [0.1, 0.15) is 0 Å². The fourth-order valence-electron chi connectivity index (χ4n) is 4.49. The molecular formula is C20H30N2O3. The first kappa shape index (κ1) is 17.4. The van der Waals surface area contributed by atoms with Crippen molar-refractivity contribution in [1.82, 2.24) is 9.88 Å². The van der Waals surface area contributed by atoms with Crippen molar-refractivity contribution in [3.63, 3.8) is 0 Å². The number of rotatable bonds is 6. The standard InChI is InChI=1S/C20H30N2O3/c1-2-17(12-21-8-1)14-24-15-18-3-4-19-20(25-18)5-9-22(19)13-16-6-10-23-11-7-16/h1-2,8,12,16,18-20H,3-7,9-11,13-15H2/t18?,19-,20-/m0/s1. The largest absolute Gasteiger partial charge is 0.381 e. The molecule has 0 amide bonds. The number of fused-ring (bicyclic) bond motifs is 1. The van der Waals surface area contributed by atoms with Crippen LogP contribution in [0.4, 0.5) is 0 Å². The number of pyridine rings is 1. The minimum Gasteiger partial charge on any atom is -0.381 e. The molecule has 4 rings (SSSR count). The zero-order valence-electron chi connectivity index (χ0n) is 15.0. The molecule has 3 fully saturated rings. The number of ether oxygens (including phenoxy) is 3. The molecule has 0 N–H and O–H groups in total. The summed E-state index contributed by atoms with van der Waals surface area (Å²) < 4.78 is 17.7. The average molecular weight is 346 g/mol. The van der Waals surface area contributed by atoms with Crippen molar-refractivity contribution in [3.8, 4) is 0 Å². The second-order valence-electron chi connectivity index (χ2n) is 7.66. The second-order valence-corrected chi connectivity index (χ2v) is 7.66. The third-order valence-electron chi connectivity index (χ3n) is 5.88. The first-order chi connectivity index (χ1) is 12.4. The summed E-state index contributed by atoms with van der Waals surface area (Å²) in [6, 6.07) is 4.62. The molecule has 138 valence electrons. The maximum Gasteiger partial charge on any atom is 0.0813 e. The van der Waals surface area contributed by atoms with Gasteiger partial charge in [-0.3, -0.25) is 9.88 Å². The topological polar surface area (TPSA) is 43.8 Å². The van der Waals surface area contributed by atoms with Gasteiger partial charge in [0.15, 0.2) is 0 Å². The van der Waals surface area contributed by atoms with Gasteiger partial charge in [-0.25, -0.2) is 0 Å². The molecule has 3 atom stereocenters. The average Bonchev–Trinajstić information content (AvgIpc) is 3.06. The number of nitrogens with zero attached hydrogens (tertiary/aromatic N) is 2. The van der Waals surface area contributed by atoms with Crippen LogP contribution in [0.15, 0.2) is 24.5 Å². The van der Waals surface area contributed by atoms with Crippen LogP contribution in [0.1, 0.15) is 37.7 Å². The zero-order chi connectivity index (χ0) is 16.9. The van der Waals surface area contributed by atoms with E-state index in [4.69, 9.17) is 14.2 Å². The molecule has 25 heavy (non-hydrogen) atoms. The molecule has 0 spiro atoms. The van der Waals surface area contributed by atoms with Crippen molar-refractivity contribution < 1.29 is 14.2 Å². The van der Waals surface area contributed by atoms with Crippen molar-refractivity contribution >= 4 is 0 Å². The Balaban J connectivity index is 1.20. The van der Waals surface area contributed by atoms with E-state index in [1.165, 1.54) is 38.8 Å². The summed E-state index contributed by atoms with van der Waals surface area (Å²) >= 11 is 0. The minimum absolute atomic E-state index is 0.251. The van der Waals surface area contributed by atoms with Gasteiger partial charge in [-0.15, -0.1) is 0 Å². The van der Waals surface area contributed by atoms with Crippen LogP contribution < -0.4 is 0 Å². The smallest absolute Gasteiger partial charge is 0.0813 e. The molecule has 0 radical (unpaired) electrons. The van der Waals surface area contributed by atoms with Gasteiger partial charge in [-0.1, -0.05) is 6.07 Å². The van der Waals surface area contributed by atoms with Crippen LogP contribution in [0.3, 0.4) is 0 Å². The van der Waals surface area contributed by atoms with E-state index in [0.29, 0.717) is 25.4 Å². The van der Waals surface area contributed by atoms with Crippen LogP contribution in [0.5, 0.6) is 0 Å². The molecule has 5 nitrogen and oxygen atoms in total. The van der Waals surface area contributed by atoms with E-state index in [2.05, 4.69) is 16.0 Å². The van der Waals surface area contributed by atoms with E-state index in [-0.39, 0.29) is 6.10 Å². The number of hydrogen-bond acceptors (Lipinski definition) is 5. The number of hydrogen-bond donors (Lipinski definition) is 0. The highest BCUT2D eigenvalue weighted by Crippen LogP contribution is 2.33. The number of likely N-dealkylation sites (tertiary alicyclic amines) is 1. The Morgan fingerprint density at radius 3 is 2.92 bits per heavy atom. The summed E-state index contributed by atoms with van der Waals surface area (Å²) in [6.07, 6.45) is 10.3. The fraction of sp³-hybridized carbons (Fsp3) is 0.750. The highest BCUT2D eigenvalue weighted by Gasteiger charge is 2.40. The van der Waals surface area contributed by atoms with Crippen molar-refractivity contribution in [1.29, 1.82) is 0 Å². The van der Waals surface area contributed by atoms with E-state index < -0.39 is 0 Å². The highest BCUT2D eigenvalue weighted by atomic mass is 16.5. The Morgan fingerprint density at radius 1 is 1.16 bits per heavy atom. The van der Waals surface area contributed by atoms with Crippen LogP contribution in [-0.2, 0) is 20.8 Å². The lowest BCUT2D eigenvalue weighted by molar-refractivity contribution is -0.103. The van der Waals surface area contributed by atoms with Crippen LogP contribution in [0.25, 0.3) is 0 Å².